The van der Waals surface area contributed by atoms with E-state index in [9.17, 15) is 4.79 Å². The highest BCUT2D eigenvalue weighted by atomic mass is 16.5. The Hall–Kier alpha value is -1.15. The van der Waals surface area contributed by atoms with Gasteiger partial charge in [0.1, 0.15) is 5.60 Å². The number of ketones is 1. The lowest BCUT2D eigenvalue weighted by atomic mass is 9.93. The molecule has 0 aromatic heterocycles. The van der Waals surface area contributed by atoms with E-state index in [4.69, 9.17) is 4.74 Å². The second-order valence-corrected chi connectivity index (χ2v) is 4.97. The molecule has 0 spiro atoms. The Balaban J connectivity index is 2.84. The summed E-state index contributed by atoms with van der Waals surface area (Å²) < 4.78 is 5.48. The molecule has 94 valence electrons. The molecule has 0 aliphatic rings. The molecule has 2 heteroatoms. The van der Waals surface area contributed by atoms with Gasteiger partial charge in [0, 0.05) is 13.0 Å². The van der Waals surface area contributed by atoms with Crippen molar-refractivity contribution in [3.05, 3.63) is 34.9 Å². The van der Waals surface area contributed by atoms with Gasteiger partial charge in [-0.25, -0.2) is 0 Å². The van der Waals surface area contributed by atoms with Gasteiger partial charge in [-0.2, -0.15) is 0 Å². The fourth-order valence-corrected chi connectivity index (χ4v) is 1.82. The second-order valence-electron chi connectivity index (χ2n) is 4.97. The van der Waals surface area contributed by atoms with Gasteiger partial charge < -0.3 is 4.74 Å². The van der Waals surface area contributed by atoms with Crippen molar-refractivity contribution in [1.82, 2.24) is 0 Å². The average molecular weight is 234 g/mol. The number of carbonyl (C=O) groups is 1. The summed E-state index contributed by atoms with van der Waals surface area (Å²) in [5, 5.41) is 0. The summed E-state index contributed by atoms with van der Waals surface area (Å²) in [5.41, 5.74) is 2.76. The zero-order valence-corrected chi connectivity index (χ0v) is 11.5. The Kier molecular flexibility index (Phi) is 4.47. The molecule has 17 heavy (non-hydrogen) atoms. The molecule has 0 aliphatic heterocycles. The fraction of sp³-hybridized carbons (Fsp3) is 0.533. The normalized spacial score (nSPS) is 11.6. The molecule has 0 N–H and O–H groups in total. The minimum absolute atomic E-state index is 0.132. The zero-order chi connectivity index (χ0) is 13.1. The molecule has 0 saturated heterocycles. The molecule has 0 unspecified atom stereocenters. The Morgan fingerprint density at radius 3 is 2.53 bits per heavy atom. The van der Waals surface area contributed by atoms with E-state index in [0.717, 1.165) is 11.1 Å². The van der Waals surface area contributed by atoms with Crippen molar-refractivity contribution in [1.29, 1.82) is 0 Å². The van der Waals surface area contributed by atoms with E-state index in [1.54, 1.807) is 0 Å². The lowest BCUT2D eigenvalue weighted by molar-refractivity contribution is -0.139. The largest absolute Gasteiger partial charge is 0.368 e. The SMILES string of the molecule is CCOC(C)(C)C(=O)Cc1cc(C)ccc1C. The van der Waals surface area contributed by atoms with Gasteiger partial charge in [-0.15, -0.1) is 0 Å². The Morgan fingerprint density at radius 1 is 1.29 bits per heavy atom. The number of rotatable bonds is 5. The van der Waals surface area contributed by atoms with E-state index >= 15 is 0 Å². The van der Waals surface area contributed by atoms with Crippen molar-refractivity contribution in [2.24, 2.45) is 0 Å². The molecule has 0 bridgehead atoms. The maximum absolute atomic E-state index is 12.2. The summed E-state index contributed by atoms with van der Waals surface area (Å²) in [7, 11) is 0. The van der Waals surface area contributed by atoms with E-state index in [2.05, 4.69) is 18.2 Å². The molecule has 0 atom stereocenters. The van der Waals surface area contributed by atoms with Crippen LogP contribution >= 0.6 is 0 Å². The first-order chi connectivity index (χ1) is 7.86. The van der Waals surface area contributed by atoms with Gasteiger partial charge >= 0.3 is 0 Å². The molecule has 0 radical (unpaired) electrons. The Bertz CT molecular complexity index is 405. The molecule has 0 aliphatic carbocycles. The first-order valence-corrected chi connectivity index (χ1v) is 6.10. The molecule has 0 heterocycles. The quantitative estimate of drug-likeness (QED) is 0.782. The van der Waals surface area contributed by atoms with E-state index in [1.165, 1.54) is 5.56 Å². The number of hydrogen-bond donors (Lipinski definition) is 0. The van der Waals surface area contributed by atoms with Crippen molar-refractivity contribution in [3.8, 4) is 0 Å². The van der Waals surface area contributed by atoms with Crippen molar-refractivity contribution in [2.45, 2.75) is 46.6 Å². The van der Waals surface area contributed by atoms with Crippen LogP contribution in [0.15, 0.2) is 18.2 Å². The van der Waals surface area contributed by atoms with Crippen LogP contribution in [-0.2, 0) is 16.0 Å². The van der Waals surface area contributed by atoms with Gasteiger partial charge in [-0.3, -0.25) is 4.79 Å². The minimum Gasteiger partial charge on any atom is -0.368 e. The standard InChI is InChI=1S/C15H22O2/c1-6-17-15(4,5)14(16)10-13-9-11(2)7-8-12(13)3/h7-9H,6,10H2,1-5H3. The lowest BCUT2D eigenvalue weighted by Gasteiger charge is -2.23. The van der Waals surface area contributed by atoms with Crippen molar-refractivity contribution >= 4 is 5.78 Å². The van der Waals surface area contributed by atoms with E-state index < -0.39 is 5.60 Å². The van der Waals surface area contributed by atoms with Crippen LogP contribution in [0.5, 0.6) is 0 Å². The highest BCUT2D eigenvalue weighted by molar-refractivity contribution is 5.88. The van der Waals surface area contributed by atoms with Gasteiger partial charge in [0.2, 0.25) is 0 Å². The van der Waals surface area contributed by atoms with Crippen molar-refractivity contribution in [3.63, 3.8) is 0 Å². The highest BCUT2D eigenvalue weighted by Crippen LogP contribution is 2.17. The van der Waals surface area contributed by atoms with Crippen molar-refractivity contribution in [2.75, 3.05) is 6.61 Å². The summed E-state index contributed by atoms with van der Waals surface area (Å²) in [6.45, 7) is 10.2. The third-order valence-corrected chi connectivity index (χ3v) is 3.03. The smallest absolute Gasteiger partial charge is 0.168 e. The molecule has 0 amide bonds. The van der Waals surface area contributed by atoms with Crippen LogP contribution in [0, 0.1) is 13.8 Å². The van der Waals surface area contributed by atoms with Crippen LogP contribution in [-0.4, -0.2) is 18.0 Å². The molecule has 1 aromatic rings. The minimum atomic E-state index is -0.690. The molecular formula is C15H22O2. The number of ether oxygens (including phenoxy) is 1. The van der Waals surface area contributed by atoms with E-state index in [-0.39, 0.29) is 5.78 Å². The van der Waals surface area contributed by atoms with Gasteiger partial charge in [0.15, 0.2) is 5.78 Å². The van der Waals surface area contributed by atoms with Crippen LogP contribution in [0.25, 0.3) is 0 Å². The number of hydrogen-bond acceptors (Lipinski definition) is 2. The van der Waals surface area contributed by atoms with E-state index in [0.29, 0.717) is 13.0 Å². The third-order valence-electron chi connectivity index (χ3n) is 3.03. The van der Waals surface area contributed by atoms with Crippen LogP contribution < -0.4 is 0 Å². The predicted molar refractivity (Wildman–Crippen MR) is 70.3 cm³/mol. The van der Waals surface area contributed by atoms with Crippen LogP contribution in [0.2, 0.25) is 0 Å². The third kappa shape index (κ3) is 3.67. The molecule has 1 rings (SSSR count). The fourth-order valence-electron chi connectivity index (χ4n) is 1.82. The summed E-state index contributed by atoms with van der Waals surface area (Å²) in [6.07, 6.45) is 0.445. The maximum atomic E-state index is 12.2. The number of aryl methyl sites for hydroxylation is 2. The topological polar surface area (TPSA) is 26.3 Å². The maximum Gasteiger partial charge on any atom is 0.168 e. The highest BCUT2D eigenvalue weighted by Gasteiger charge is 2.27. The molecule has 2 nitrogen and oxygen atoms in total. The first-order valence-electron chi connectivity index (χ1n) is 6.10. The Morgan fingerprint density at radius 2 is 1.94 bits per heavy atom. The van der Waals surface area contributed by atoms with Gasteiger partial charge in [-0.1, -0.05) is 23.8 Å². The van der Waals surface area contributed by atoms with Gasteiger partial charge in [-0.05, 0) is 45.7 Å². The van der Waals surface area contributed by atoms with Gasteiger partial charge in [0.05, 0.1) is 0 Å². The molecule has 0 fully saturated rings. The molecule has 0 saturated carbocycles. The van der Waals surface area contributed by atoms with Crippen molar-refractivity contribution < 1.29 is 9.53 Å². The number of carbonyl (C=O) groups excluding carboxylic acids is 1. The Labute approximate surface area is 104 Å². The zero-order valence-electron chi connectivity index (χ0n) is 11.5. The molecular weight excluding hydrogens is 212 g/mol. The van der Waals surface area contributed by atoms with Crippen LogP contribution in [0.3, 0.4) is 0 Å². The van der Waals surface area contributed by atoms with E-state index in [1.807, 2.05) is 34.6 Å². The summed E-state index contributed by atoms with van der Waals surface area (Å²) in [5.74, 6) is 0.132. The number of benzene rings is 1. The monoisotopic (exact) mass is 234 g/mol. The number of Topliss-reactive ketones (excluding diaryl/α,β-unsaturated/α-hetero) is 1. The summed E-state index contributed by atoms with van der Waals surface area (Å²) in [6, 6.07) is 6.21. The lowest BCUT2D eigenvalue weighted by Crippen LogP contribution is -2.36. The predicted octanol–water partition coefficient (Wildman–Crippen LogP) is 3.23. The van der Waals surface area contributed by atoms with Crippen LogP contribution in [0.1, 0.15) is 37.5 Å². The summed E-state index contributed by atoms with van der Waals surface area (Å²) in [4.78, 5) is 12.2. The second kappa shape index (κ2) is 5.46. The first kappa shape index (κ1) is 13.9. The van der Waals surface area contributed by atoms with Crippen LogP contribution in [0.4, 0.5) is 0 Å². The molecule has 1 aromatic carbocycles. The summed E-state index contributed by atoms with van der Waals surface area (Å²) >= 11 is 0. The average Bonchev–Trinajstić information content (AvgIpc) is 2.23. The van der Waals surface area contributed by atoms with Gasteiger partial charge in [0.25, 0.3) is 0 Å².